The molecule has 2 aliphatic rings. The molecule has 63 heavy (non-hydrogen) atoms. The van der Waals surface area contributed by atoms with E-state index in [0.717, 1.165) is 17.1 Å². The fraction of sp³-hybridized carbons (Fsp3) is 0.0492. The van der Waals surface area contributed by atoms with Gasteiger partial charge in [0.2, 0.25) is 0 Å². The summed E-state index contributed by atoms with van der Waals surface area (Å²) >= 11 is 0. The smallest absolute Gasteiger partial charge is 0.0623 e. The van der Waals surface area contributed by atoms with Crippen LogP contribution in [0.4, 0.5) is 17.1 Å². The van der Waals surface area contributed by atoms with Gasteiger partial charge in [-0.3, -0.25) is 0 Å². The minimum absolute atomic E-state index is 0.131. The highest BCUT2D eigenvalue weighted by Gasteiger charge is 2.41. The highest BCUT2D eigenvalue weighted by molar-refractivity contribution is 6.20. The van der Waals surface area contributed by atoms with E-state index in [0.29, 0.717) is 0 Å². The number of para-hydroxylation sites is 3. The van der Waals surface area contributed by atoms with Gasteiger partial charge in [0, 0.05) is 44.4 Å². The number of aromatic nitrogens is 1. The van der Waals surface area contributed by atoms with Crippen LogP contribution in [0.1, 0.15) is 25.0 Å². The van der Waals surface area contributed by atoms with Gasteiger partial charge in [-0.1, -0.05) is 178 Å². The largest absolute Gasteiger partial charge is 0.310 e. The lowest BCUT2D eigenvalue weighted by atomic mass is 9.80. The summed E-state index contributed by atoms with van der Waals surface area (Å²) in [5.74, 6) is 0. The zero-order valence-corrected chi connectivity index (χ0v) is 35.2. The van der Waals surface area contributed by atoms with E-state index in [2.05, 4.69) is 242 Å². The van der Waals surface area contributed by atoms with Gasteiger partial charge in [0.1, 0.15) is 0 Å². The minimum Gasteiger partial charge on any atom is -0.310 e. The first kappa shape index (κ1) is 35.8. The molecule has 2 heteroatoms. The molecule has 0 amide bonds. The van der Waals surface area contributed by atoms with Crippen LogP contribution in [0, 0.1) is 0 Å². The Morgan fingerprint density at radius 1 is 0.365 bits per heavy atom. The molecule has 296 valence electrons. The molecule has 0 radical (unpaired) electrons. The lowest BCUT2D eigenvalue weighted by Gasteiger charge is -2.27. The predicted octanol–water partition coefficient (Wildman–Crippen LogP) is 16.7. The van der Waals surface area contributed by atoms with Crippen LogP contribution in [0.2, 0.25) is 0 Å². The van der Waals surface area contributed by atoms with E-state index in [9.17, 15) is 0 Å². The van der Waals surface area contributed by atoms with Gasteiger partial charge in [-0.25, -0.2) is 0 Å². The van der Waals surface area contributed by atoms with Crippen molar-refractivity contribution < 1.29 is 0 Å². The molecule has 0 N–H and O–H groups in total. The number of nitrogens with zero attached hydrogens (tertiary/aromatic N) is 2. The quantitative estimate of drug-likeness (QED) is 0.163. The summed E-state index contributed by atoms with van der Waals surface area (Å²) in [4.78, 5) is 2.39. The van der Waals surface area contributed by atoms with Gasteiger partial charge in [0.05, 0.1) is 16.7 Å². The number of fused-ring (bicyclic) bond motifs is 7. The summed E-state index contributed by atoms with van der Waals surface area (Å²) in [5, 5.41) is 5.03. The Hall–Kier alpha value is -7.94. The first-order valence-corrected chi connectivity index (χ1v) is 22.0. The van der Waals surface area contributed by atoms with Crippen LogP contribution in [0.5, 0.6) is 0 Å². The van der Waals surface area contributed by atoms with Crippen LogP contribution in [-0.2, 0) is 5.41 Å². The Bertz CT molecular complexity index is 3630. The Kier molecular flexibility index (Phi) is 7.68. The SMILES string of the molecule is CC1(C)c2ccc(-c3ccc4cc(N(c5ccccc5)c5ccc(-c6ccccc6)c(-c6ccccc6)c5)ccc4c3)c3c2-c2c1ccc1c4ccccc4n(c21)-c1ccccc1-3. The van der Waals surface area contributed by atoms with Crippen molar-refractivity contribution in [3.05, 3.63) is 230 Å². The third-order valence-electron chi connectivity index (χ3n) is 13.9. The predicted molar refractivity (Wildman–Crippen MR) is 266 cm³/mol. The van der Waals surface area contributed by atoms with Crippen molar-refractivity contribution in [1.82, 2.24) is 4.57 Å². The Morgan fingerprint density at radius 3 is 1.78 bits per heavy atom. The monoisotopic (exact) mass is 802 g/mol. The molecule has 0 atom stereocenters. The first-order chi connectivity index (χ1) is 31.0. The maximum absolute atomic E-state index is 2.55. The average molecular weight is 803 g/mol. The molecule has 13 rings (SSSR count). The van der Waals surface area contributed by atoms with Gasteiger partial charge >= 0.3 is 0 Å². The number of hydrogen-bond donors (Lipinski definition) is 0. The van der Waals surface area contributed by atoms with Crippen molar-refractivity contribution in [3.63, 3.8) is 0 Å². The highest BCUT2D eigenvalue weighted by atomic mass is 15.1. The summed E-state index contributed by atoms with van der Waals surface area (Å²) in [6.45, 7) is 4.81. The Morgan fingerprint density at radius 2 is 0.968 bits per heavy atom. The molecule has 11 aromatic rings. The molecule has 10 aromatic carbocycles. The lowest BCUT2D eigenvalue weighted by molar-refractivity contribution is 0.661. The van der Waals surface area contributed by atoms with E-state index in [1.54, 1.807) is 0 Å². The van der Waals surface area contributed by atoms with Crippen LogP contribution in [0.25, 0.3) is 93.9 Å². The number of anilines is 3. The maximum atomic E-state index is 2.55. The zero-order valence-electron chi connectivity index (χ0n) is 35.2. The summed E-state index contributed by atoms with van der Waals surface area (Å²) in [7, 11) is 0. The molecule has 0 saturated heterocycles. The van der Waals surface area contributed by atoms with Gasteiger partial charge in [-0.15, -0.1) is 0 Å². The normalized spacial score (nSPS) is 13.0. The number of benzene rings is 10. The third kappa shape index (κ3) is 5.25. The maximum Gasteiger partial charge on any atom is 0.0623 e. The van der Waals surface area contributed by atoms with Crippen molar-refractivity contribution >= 4 is 49.6 Å². The van der Waals surface area contributed by atoms with Gasteiger partial charge in [0.15, 0.2) is 0 Å². The van der Waals surface area contributed by atoms with Crippen LogP contribution < -0.4 is 4.90 Å². The molecule has 0 spiro atoms. The van der Waals surface area contributed by atoms with E-state index in [1.807, 2.05) is 0 Å². The lowest BCUT2D eigenvalue weighted by Crippen LogP contribution is -2.15. The molecule has 2 nitrogen and oxygen atoms in total. The van der Waals surface area contributed by atoms with Crippen molar-refractivity contribution in [2.45, 2.75) is 19.3 Å². The molecule has 1 aliphatic carbocycles. The summed E-state index contributed by atoms with van der Waals surface area (Å²) in [6.07, 6.45) is 0. The molecular formula is C61H42N2. The third-order valence-corrected chi connectivity index (χ3v) is 13.9. The average Bonchev–Trinajstić information content (AvgIpc) is 3.75. The van der Waals surface area contributed by atoms with Crippen LogP contribution in [0.3, 0.4) is 0 Å². The molecule has 0 bridgehead atoms. The minimum atomic E-state index is -0.131. The van der Waals surface area contributed by atoms with Crippen LogP contribution in [-0.4, -0.2) is 4.57 Å². The molecule has 1 aromatic heterocycles. The molecule has 1 aliphatic heterocycles. The second kappa shape index (κ2) is 13.5. The number of rotatable bonds is 6. The van der Waals surface area contributed by atoms with Crippen LogP contribution in [0.15, 0.2) is 218 Å². The first-order valence-electron chi connectivity index (χ1n) is 22.0. The van der Waals surface area contributed by atoms with E-state index >= 15 is 0 Å². The van der Waals surface area contributed by atoms with Crippen molar-refractivity contribution in [1.29, 1.82) is 0 Å². The van der Waals surface area contributed by atoms with Gasteiger partial charge < -0.3 is 9.47 Å². The van der Waals surface area contributed by atoms with E-state index < -0.39 is 0 Å². The van der Waals surface area contributed by atoms with Crippen molar-refractivity contribution in [2.75, 3.05) is 4.90 Å². The summed E-state index contributed by atoms with van der Waals surface area (Å²) < 4.78 is 2.55. The zero-order chi connectivity index (χ0) is 41.8. The Balaban J connectivity index is 0.981. The molecule has 0 saturated carbocycles. The summed E-state index contributed by atoms with van der Waals surface area (Å²) in [5.41, 5.74) is 22.5. The van der Waals surface area contributed by atoms with E-state index in [4.69, 9.17) is 0 Å². The fourth-order valence-corrected chi connectivity index (χ4v) is 11.0. The van der Waals surface area contributed by atoms with Gasteiger partial charge in [-0.2, -0.15) is 0 Å². The Labute approximate surface area is 367 Å². The second-order valence-electron chi connectivity index (χ2n) is 17.7. The van der Waals surface area contributed by atoms with Gasteiger partial charge in [0.25, 0.3) is 0 Å². The summed E-state index contributed by atoms with van der Waals surface area (Å²) in [6, 6.07) is 80.7. The van der Waals surface area contributed by atoms with Crippen LogP contribution >= 0.6 is 0 Å². The molecule has 2 heterocycles. The topological polar surface area (TPSA) is 8.17 Å². The van der Waals surface area contributed by atoms with E-state index in [-0.39, 0.29) is 5.41 Å². The second-order valence-corrected chi connectivity index (χ2v) is 17.7. The fourth-order valence-electron chi connectivity index (χ4n) is 11.0. The molecular weight excluding hydrogens is 761 g/mol. The number of hydrogen-bond acceptors (Lipinski definition) is 1. The van der Waals surface area contributed by atoms with Crippen molar-refractivity contribution in [2.24, 2.45) is 0 Å². The van der Waals surface area contributed by atoms with Crippen molar-refractivity contribution in [3.8, 4) is 61.3 Å². The highest BCUT2D eigenvalue weighted by Crippen LogP contribution is 2.60. The van der Waals surface area contributed by atoms with E-state index in [1.165, 1.54) is 105 Å². The van der Waals surface area contributed by atoms with Gasteiger partial charge in [-0.05, 0) is 121 Å². The molecule has 0 fully saturated rings. The molecule has 0 unspecified atom stereocenters. The standard InChI is InChI=1S/C61H42N2/c1-61(2)53-34-32-48(57-51-23-13-15-25-56(51)63-55-24-14-12-22-49(55)50-33-35-54(61)59(58(53)57)60(50)63)43-27-26-42-37-45(29-28-41(42)36-43)62(44-20-10-5-11-21-44)46-30-31-47(39-16-6-3-7-17-39)52(38-46)40-18-8-4-9-19-40/h3-38H,1-2H3.